The Hall–Kier alpha value is -1.53. The van der Waals surface area contributed by atoms with Crippen LogP contribution in [0.15, 0.2) is 33.9 Å². The lowest BCUT2D eigenvalue weighted by atomic mass is 10.2. The number of hydrogen-bond acceptors (Lipinski definition) is 5. The predicted octanol–water partition coefficient (Wildman–Crippen LogP) is 1.81. The van der Waals surface area contributed by atoms with E-state index in [4.69, 9.17) is 9.52 Å². The third kappa shape index (κ3) is 3.71. The van der Waals surface area contributed by atoms with E-state index in [9.17, 15) is 4.79 Å². The quantitative estimate of drug-likeness (QED) is 0.789. The number of hydrogen-bond donors (Lipinski definition) is 2. The Balaban J connectivity index is 1.89. The minimum absolute atomic E-state index is 0.0458. The van der Waals surface area contributed by atoms with Crippen molar-refractivity contribution >= 4 is 28.8 Å². The largest absolute Gasteiger partial charge is 0.431 e. The molecule has 6 heteroatoms. The summed E-state index contributed by atoms with van der Waals surface area (Å²) in [6.45, 7) is 1.87. The highest BCUT2D eigenvalue weighted by atomic mass is 32.2. The highest BCUT2D eigenvalue weighted by molar-refractivity contribution is 7.99. The minimum Gasteiger partial charge on any atom is -0.431 e. The summed E-state index contributed by atoms with van der Waals surface area (Å²) in [6, 6.07) is 7.28. The van der Waals surface area contributed by atoms with E-state index in [1.807, 2.05) is 31.2 Å². The first-order chi connectivity index (χ1) is 9.22. The first-order valence-electron chi connectivity index (χ1n) is 6.11. The van der Waals surface area contributed by atoms with Crippen molar-refractivity contribution in [1.82, 2.24) is 10.3 Å². The smallest absolute Gasteiger partial charge is 0.257 e. The van der Waals surface area contributed by atoms with Crippen LogP contribution in [0.5, 0.6) is 0 Å². The molecule has 1 atom stereocenters. The van der Waals surface area contributed by atoms with Gasteiger partial charge in [-0.1, -0.05) is 30.8 Å². The minimum atomic E-state index is -0.184. The summed E-state index contributed by atoms with van der Waals surface area (Å²) in [5, 5.41) is 12.2. The van der Waals surface area contributed by atoms with Crippen molar-refractivity contribution in [1.29, 1.82) is 0 Å². The molecule has 1 heterocycles. The maximum atomic E-state index is 11.6. The van der Waals surface area contributed by atoms with E-state index in [-0.39, 0.29) is 24.3 Å². The third-order valence-corrected chi connectivity index (χ3v) is 3.51. The molecule has 0 saturated carbocycles. The van der Waals surface area contributed by atoms with Crippen LogP contribution in [0.3, 0.4) is 0 Å². The molecule has 0 aliphatic heterocycles. The van der Waals surface area contributed by atoms with Crippen molar-refractivity contribution in [3.63, 3.8) is 0 Å². The molecule has 2 N–H and O–H groups in total. The van der Waals surface area contributed by atoms with Crippen LogP contribution in [-0.2, 0) is 4.79 Å². The maximum absolute atomic E-state index is 11.6. The van der Waals surface area contributed by atoms with E-state index in [0.29, 0.717) is 17.2 Å². The summed E-state index contributed by atoms with van der Waals surface area (Å²) < 4.78 is 5.50. The number of carbonyl (C=O) groups excluding carboxylic acids is 1. The number of thioether (sulfide) groups is 1. The van der Waals surface area contributed by atoms with Gasteiger partial charge in [0.2, 0.25) is 5.91 Å². The summed E-state index contributed by atoms with van der Waals surface area (Å²) in [4.78, 5) is 15.9. The molecule has 1 amide bonds. The van der Waals surface area contributed by atoms with Gasteiger partial charge in [0.25, 0.3) is 5.22 Å². The molecule has 0 bridgehead atoms. The summed E-state index contributed by atoms with van der Waals surface area (Å²) in [7, 11) is 0. The molecular weight excluding hydrogens is 264 g/mol. The number of aliphatic hydroxyl groups excluding tert-OH is 1. The van der Waals surface area contributed by atoms with Crippen LogP contribution in [0, 0.1) is 0 Å². The van der Waals surface area contributed by atoms with Gasteiger partial charge in [-0.15, -0.1) is 0 Å². The van der Waals surface area contributed by atoms with Crippen LogP contribution in [0.2, 0.25) is 0 Å². The Bertz CT molecular complexity index is 519. The summed E-state index contributed by atoms with van der Waals surface area (Å²) in [5.41, 5.74) is 1.50. The second kappa shape index (κ2) is 6.58. The standard InChI is InChI=1S/C13H16N2O3S/c1-2-9(7-16)14-12(17)8-19-13-15-10-5-3-4-6-11(10)18-13/h3-6,9,16H,2,7-8H2,1H3,(H,14,17). The normalized spacial score (nSPS) is 12.5. The van der Waals surface area contributed by atoms with Gasteiger partial charge in [0.1, 0.15) is 5.52 Å². The zero-order valence-electron chi connectivity index (χ0n) is 10.6. The van der Waals surface area contributed by atoms with Crippen LogP contribution in [-0.4, -0.2) is 34.4 Å². The zero-order valence-corrected chi connectivity index (χ0v) is 11.4. The molecule has 5 nitrogen and oxygen atoms in total. The first-order valence-corrected chi connectivity index (χ1v) is 7.10. The topological polar surface area (TPSA) is 75.4 Å². The fourth-order valence-electron chi connectivity index (χ4n) is 1.59. The molecule has 0 spiro atoms. The lowest BCUT2D eigenvalue weighted by Gasteiger charge is -2.12. The van der Waals surface area contributed by atoms with E-state index in [0.717, 1.165) is 5.52 Å². The summed E-state index contributed by atoms with van der Waals surface area (Å²) in [5.74, 6) is 0.0942. The van der Waals surface area contributed by atoms with Crippen LogP contribution in [0.1, 0.15) is 13.3 Å². The number of nitrogens with one attached hydrogen (secondary N) is 1. The van der Waals surface area contributed by atoms with E-state index in [2.05, 4.69) is 10.3 Å². The SMILES string of the molecule is CCC(CO)NC(=O)CSc1nc2ccccc2o1. The van der Waals surface area contributed by atoms with Crippen LogP contribution >= 0.6 is 11.8 Å². The number of benzene rings is 1. The monoisotopic (exact) mass is 280 g/mol. The number of carbonyl (C=O) groups is 1. The van der Waals surface area contributed by atoms with Crippen molar-refractivity contribution in [3.05, 3.63) is 24.3 Å². The van der Waals surface area contributed by atoms with E-state index >= 15 is 0 Å². The number of aromatic nitrogens is 1. The fraction of sp³-hybridized carbons (Fsp3) is 0.385. The molecule has 1 aromatic heterocycles. The highest BCUT2D eigenvalue weighted by Crippen LogP contribution is 2.22. The van der Waals surface area contributed by atoms with Gasteiger partial charge < -0.3 is 14.8 Å². The van der Waals surface area contributed by atoms with Crippen molar-refractivity contribution in [2.45, 2.75) is 24.6 Å². The van der Waals surface area contributed by atoms with Gasteiger partial charge in [0.15, 0.2) is 5.58 Å². The van der Waals surface area contributed by atoms with Gasteiger partial charge in [-0.3, -0.25) is 4.79 Å². The second-order valence-electron chi connectivity index (χ2n) is 4.09. The van der Waals surface area contributed by atoms with E-state index in [1.165, 1.54) is 11.8 Å². The van der Waals surface area contributed by atoms with E-state index < -0.39 is 0 Å². The Morgan fingerprint density at radius 1 is 1.53 bits per heavy atom. The number of aliphatic hydroxyl groups is 1. The molecule has 0 radical (unpaired) electrons. The number of rotatable bonds is 6. The Labute approximate surface area is 115 Å². The van der Waals surface area contributed by atoms with Gasteiger partial charge in [0.05, 0.1) is 18.4 Å². The third-order valence-electron chi connectivity index (χ3n) is 2.68. The average Bonchev–Trinajstić information content (AvgIpc) is 2.85. The first kappa shape index (κ1) is 13.9. The van der Waals surface area contributed by atoms with E-state index in [1.54, 1.807) is 0 Å². The number of para-hydroxylation sites is 2. The maximum Gasteiger partial charge on any atom is 0.257 e. The Morgan fingerprint density at radius 3 is 3.00 bits per heavy atom. The molecule has 102 valence electrons. The number of fused-ring (bicyclic) bond motifs is 1. The molecule has 2 rings (SSSR count). The van der Waals surface area contributed by atoms with Gasteiger partial charge >= 0.3 is 0 Å². The molecule has 2 aromatic rings. The van der Waals surface area contributed by atoms with Gasteiger partial charge in [-0.2, -0.15) is 0 Å². The summed E-state index contributed by atoms with van der Waals surface area (Å²) in [6.07, 6.45) is 0.704. The fourth-order valence-corrected chi connectivity index (χ4v) is 2.24. The van der Waals surface area contributed by atoms with Crippen molar-refractivity contribution in [3.8, 4) is 0 Å². The van der Waals surface area contributed by atoms with Gasteiger partial charge in [-0.25, -0.2) is 4.98 Å². The molecule has 0 aliphatic carbocycles. The van der Waals surface area contributed by atoms with Crippen molar-refractivity contribution in [2.75, 3.05) is 12.4 Å². The lowest BCUT2D eigenvalue weighted by Crippen LogP contribution is -2.37. The van der Waals surface area contributed by atoms with Crippen molar-refractivity contribution < 1.29 is 14.3 Å². The second-order valence-corrected chi connectivity index (χ2v) is 5.02. The molecule has 1 unspecified atom stereocenters. The van der Waals surface area contributed by atoms with Crippen LogP contribution < -0.4 is 5.32 Å². The number of amides is 1. The van der Waals surface area contributed by atoms with Crippen molar-refractivity contribution in [2.24, 2.45) is 0 Å². The van der Waals surface area contributed by atoms with Gasteiger partial charge in [-0.05, 0) is 18.6 Å². The lowest BCUT2D eigenvalue weighted by molar-refractivity contribution is -0.119. The average molecular weight is 280 g/mol. The molecule has 0 aliphatic rings. The Kier molecular flexibility index (Phi) is 4.81. The molecule has 0 fully saturated rings. The number of oxazole rings is 1. The molecule has 19 heavy (non-hydrogen) atoms. The predicted molar refractivity (Wildman–Crippen MR) is 74.0 cm³/mol. The van der Waals surface area contributed by atoms with Crippen LogP contribution in [0.4, 0.5) is 0 Å². The molecular formula is C13H16N2O3S. The van der Waals surface area contributed by atoms with Gasteiger partial charge in [0, 0.05) is 0 Å². The Morgan fingerprint density at radius 2 is 2.32 bits per heavy atom. The zero-order chi connectivity index (χ0) is 13.7. The number of nitrogens with zero attached hydrogens (tertiary/aromatic N) is 1. The summed E-state index contributed by atoms with van der Waals surface area (Å²) >= 11 is 1.25. The highest BCUT2D eigenvalue weighted by Gasteiger charge is 2.12. The van der Waals surface area contributed by atoms with Crippen LogP contribution in [0.25, 0.3) is 11.1 Å². The molecule has 1 aromatic carbocycles. The molecule has 0 saturated heterocycles.